The molecule has 14 nitrogen and oxygen atoms in total. The fourth-order valence-corrected chi connectivity index (χ4v) is 3.85. The summed E-state index contributed by atoms with van der Waals surface area (Å²) < 4.78 is 31.3. The van der Waals surface area contributed by atoms with Crippen LogP contribution in [-0.4, -0.2) is 73.8 Å². The summed E-state index contributed by atoms with van der Waals surface area (Å²) in [6.07, 6.45) is 1.51. The fourth-order valence-electron chi connectivity index (χ4n) is 3.85. The second kappa shape index (κ2) is 9.11. The lowest BCUT2D eigenvalue weighted by molar-refractivity contribution is -0.165. The number of carbonyl (C=O) groups excluding carboxylic acids is 2. The number of rotatable bonds is 6. The van der Waals surface area contributed by atoms with E-state index in [0.29, 0.717) is 5.82 Å². The van der Waals surface area contributed by atoms with E-state index >= 15 is 0 Å². The van der Waals surface area contributed by atoms with Crippen molar-refractivity contribution in [3.05, 3.63) is 42.5 Å². The van der Waals surface area contributed by atoms with Crippen LogP contribution in [0.2, 0.25) is 0 Å². The van der Waals surface area contributed by atoms with Gasteiger partial charge in [0.05, 0.1) is 20.3 Å². The maximum absolute atomic E-state index is 14.4. The van der Waals surface area contributed by atoms with Crippen LogP contribution in [0.3, 0.4) is 0 Å². The highest BCUT2D eigenvalue weighted by Crippen LogP contribution is 2.29. The number of nitrogens with two attached hydrogens (primary N) is 1. The Kier molecular flexibility index (Phi) is 5.93. The van der Waals surface area contributed by atoms with Gasteiger partial charge >= 0.3 is 6.01 Å². The van der Waals surface area contributed by atoms with E-state index in [9.17, 15) is 19.1 Å². The molecule has 0 radical (unpaired) electrons. The first-order valence-corrected chi connectivity index (χ1v) is 10.9. The predicted octanol–water partition coefficient (Wildman–Crippen LogP) is 0.655. The molecule has 0 unspecified atom stereocenters. The molecular formula is C22H21FN8O6. The van der Waals surface area contributed by atoms with Gasteiger partial charge in [-0.3, -0.25) is 14.5 Å². The molecule has 0 bridgehead atoms. The summed E-state index contributed by atoms with van der Waals surface area (Å²) in [5.41, 5.74) is 3.20. The van der Waals surface area contributed by atoms with Gasteiger partial charge in [-0.05, 0) is 13.0 Å². The molecule has 1 aliphatic heterocycles. The highest BCUT2D eigenvalue weighted by Gasteiger charge is 2.49. The number of hydrogen-bond donors (Lipinski definition) is 3. The summed E-state index contributed by atoms with van der Waals surface area (Å²) >= 11 is 0. The van der Waals surface area contributed by atoms with Crippen molar-refractivity contribution in [2.45, 2.75) is 18.6 Å². The first-order valence-electron chi connectivity index (χ1n) is 10.9. The van der Waals surface area contributed by atoms with Gasteiger partial charge in [0.1, 0.15) is 11.2 Å². The molecule has 2 atom stereocenters. The van der Waals surface area contributed by atoms with Crippen molar-refractivity contribution in [3.63, 3.8) is 0 Å². The summed E-state index contributed by atoms with van der Waals surface area (Å²) in [4.78, 5) is 35.7. The molecule has 1 aromatic carbocycles. The maximum Gasteiger partial charge on any atom is 0.318 e. The molecule has 15 heteroatoms. The van der Waals surface area contributed by atoms with E-state index in [4.69, 9.17) is 19.7 Å². The number of anilines is 3. The van der Waals surface area contributed by atoms with Crippen LogP contribution in [0.5, 0.6) is 6.01 Å². The molecule has 0 aliphatic carbocycles. The molecule has 3 aromatic heterocycles. The van der Waals surface area contributed by atoms with Gasteiger partial charge in [-0.1, -0.05) is 5.16 Å². The van der Waals surface area contributed by atoms with Crippen molar-refractivity contribution in [1.29, 1.82) is 0 Å². The molecule has 5 rings (SSSR count). The lowest BCUT2D eigenvalue weighted by atomic mass is 9.95. The van der Waals surface area contributed by atoms with Gasteiger partial charge in [0.2, 0.25) is 0 Å². The molecule has 1 fully saturated rings. The minimum atomic E-state index is -2.33. The van der Waals surface area contributed by atoms with E-state index in [2.05, 4.69) is 25.5 Å². The zero-order chi connectivity index (χ0) is 26.3. The second-order valence-electron chi connectivity index (χ2n) is 8.26. The summed E-state index contributed by atoms with van der Waals surface area (Å²) in [5, 5.41) is 21.2. The average Bonchev–Trinajstić information content (AvgIpc) is 3.51. The molecule has 4 aromatic rings. The van der Waals surface area contributed by atoms with Gasteiger partial charge in [-0.2, -0.15) is 4.98 Å². The number of carbonyl (C=O) groups is 2. The largest absolute Gasteiger partial charge is 0.467 e. The number of hydrogen-bond acceptors (Lipinski definition) is 11. The standard InChI is InChI=1S/C22H21FN8O6/c1-22(34,20(33)26-11-9-12(23)16-13(10-11)37-29-18(16)24)17-19(32)30(7-8-36-17)15-4-6-31(28-15)14-3-5-25-21(27-14)35-2/h3-6,9-10,17,34H,7-8H2,1-2H3,(H2,24,29)(H,26,33)/t17-,22+/m0/s1. The van der Waals surface area contributed by atoms with Gasteiger partial charge in [0, 0.05) is 36.3 Å². The Morgan fingerprint density at radius 1 is 1.35 bits per heavy atom. The third-order valence-electron chi connectivity index (χ3n) is 5.76. The van der Waals surface area contributed by atoms with E-state index in [-0.39, 0.29) is 47.5 Å². The van der Waals surface area contributed by atoms with Crippen molar-refractivity contribution in [2.24, 2.45) is 0 Å². The Balaban J connectivity index is 1.35. The average molecular weight is 512 g/mol. The molecule has 0 spiro atoms. The van der Waals surface area contributed by atoms with Gasteiger partial charge in [0.25, 0.3) is 11.8 Å². The maximum atomic E-state index is 14.4. The van der Waals surface area contributed by atoms with Crippen LogP contribution in [0.25, 0.3) is 16.8 Å². The molecular weight excluding hydrogens is 491 g/mol. The van der Waals surface area contributed by atoms with E-state index in [0.717, 1.165) is 13.0 Å². The summed E-state index contributed by atoms with van der Waals surface area (Å²) in [5.74, 6) is -1.96. The molecule has 0 saturated carbocycles. The number of amides is 2. The van der Waals surface area contributed by atoms with E-state index < -0.39 is 29.3 Å². The number of nitrogens with one attached hydrogen (secondary N) is 1. The Morgan fingerprint density at radius 2 is 2.16 bits per heavy atom. The number of benzene rings is 1. The van der Waals surface area contributed by atoms with Crippen molar-refractivity contribution < 1.29 is 33.1 Å². The zero-order valence-corrected chi connectivity index (χ0v) is 19.6. The molecule has 4 N–H and O–H groups in total. The fraction of sp³-hybridized carbons (Fsp3) is 0.273. The van der Waals surface area contributed by atoms with Crippen molar-refractivity contribution in [2.75, 3.05) is 36.2 Å². The lowest BCUT2D eigenvalue weighted by Gasteiger charge is -2.37. The number of nitrogen functional groups attached to an aromatic ring is 1. The highest BCUT2D eigenvalue weighted by molar-refractivity contribution is 6.06. The van der Waals surface area contributed by atoms with Gasteiger partial charge in [0.15, 0.2) is 34.7 Å². The monoisotopic (exact) mass is 512 g/mol. The number of halogens is 1. The van der Waals surface area contributed by atoms with Crippen molar-refractivity contribution in [1.82, 2.24) is 24.9 Å². The normalized spacial score (nSPS) is 17.6. The van der Waals surface area contributed by atoms with E-state index in [1.165, 1.54) is 29.0 Å². The molecule has 1 aliphatic rings. The van der Waals surface area contributed by atoms with Crippen LogP contribution in [0.4, 0.5) is 21.7 Å². The Hall–Kier alpha value is -4.63. The number of ether oxygens (including phenoxy) is 2. The zero-order valence-electron chi connectivity index (χ0n) is 19.6. The summed E-state index contributed by atoms with van der Waals surface area (Å²) in [6, 6.07) is 5.61. The van der Waals surface area contributed by atoms with Crippen molar-refractivity contribution >= 4 is 40.1 Å². The highest BCUT2D eigenvalue weighted by atomic mass is 19.1. The number of aromatic nitrogens is 5. The number of aliphatic hydroxyl groups is 1. The minimum absolute atomic E-state index is 0.000467. The van der Waals surface area contributed by atoms with Crippen LogP contribution < -0.4 is 20.7 Å². The third kappa shape index (κ3) is 4.30. The van der Waals surface area contributed by atoms with Crippen LogP contribution in [0.15, 0.2) is 41.2 Å². The number of morpholine rings is 1. The van der Waals surface area contributed by atoms with Crippen LogP contribution in [0.1, 0.15) is 6.92 Å². The number of nitrogens with zero attached hydrogens (tertiary/aromatic N) is 6. The Morgan fingerprint density at radius 3 is 2.95 bits per heavy atom. The van der Waals surface area contributed by atoms with Crippen LogP contribution in [-0.2, 0) is 14.3 Å². The van der Waals surface area contributed by atoms with E-state index in [1.54, 1.807) is 18.3 Å². The molecule has 1 saturated heterocycles. The molecule has 4 heterocycles. The molecule has 2 amide bonds. The molecule has 192 valence electrons. The lowest BCUT2D eigenvalue weighted by Crippen LogP contribution is -2.61. The first-order chi connectivity index (χ1) is 17.7. The quantitative estimate of drug-likeness (QED) is 0.330. The predicted molar refractivity (Wildman–Crippen MR) is 125 cm³/mol. The SMILES string of the molecule is COc1nccc(-n2ccc(N3CCO[C@H]([C@@](C)(O)C(=O)Nc4cc(F)c5c(N)noc5c4)C3=O)n2)n1. The van der Waals surface area contributed by atoms with Gasteiger partial charge < -0.3 is 30.2 Å². The minimum Gasteiger partial charge on any atom is -0.467 e. The second-order valence-corrected chi connectivity index (χ2v) is 8.26. The number of methoxy groups -OCH3 is 1. The van der Waals surface area contributed by atoms with Crippen LogP contribution in [0, 0.1) is 5.82 Å². The van der Waals surface area contributed by atoms with Crippen LogP contribution >= 0.6 is 0 Å². The summed E-state index contributed by atoms with van der Waals surface area (Å²) in [7, 11) is 1.43. The summed E-state index contributed by atoms with van der Waals surface area (Å²) in [6.45, 7) is 1.28. The van der Waals surface area contributed by atoms with Gasteiger partial charge in [-0.15, -0.1) is 5.10 Å². The smallest absolute Gasteiger partial charge is 0.318 e. The number of fused-ring (bicyclic) bond motifs is 1. The van der Waals surface area contributed by atoms with Crippen molar-refractivity contribution in [3.8, 4) is 11.8 Å². The Labute approximate surface area is 207 Å². The van der Waals surface area contributed by atoms with E-state index in [1.807, 2.05) is 0 Å². The third-order valence-corrected chi connectivity index (χ3v) is 5.76. The van der Waals surface area contributed by atoms with Gasteiger partial charge in [-0.25, -0.2) is 14.1 Å². The topological polar surface area (TPSA) is 184 Å². The Bertz CT molecular complexity index is 1500. The molecule has 37 heavy (non-hydrogen) atoms. The first kappa shape index (κ1) is 24.1.